The van der Waals surface area contributed by atoms with Crippen LogP contribution in [0.5, 0.6) is 5.88 Å². The van der Waals surface area contributed by atoms with Gasteiger partial charge in [0.2, 0.25) is 21.8 Å². The van der Waals surface area contributed by atoms with Crippen molar-refractivity contribution in [2.45, 2.75) is 43.7 Å². The summed E-state index contributed by atoms with van der Waals surface area (Å²) in [6, 6.07) is 11.8. The molecule has 35 heavy (non-hydrogen) atoms. The number of sulfonamides is 1. The predicted octanol–water partition coefficient (Wildman–Crippen LogP) is 1.43. The number of ether oxygens (including phenoxy) is 1. The maximum atomic E-state index is 13.5. The van der Waals surface area contributed by atoms with E-state index in [2.05, 4.69) is 15.6 Å². The molecular formula is C25H36N4O5S. The van der Waals surface area contributed by atoms with Crippen molar-refractivity contribution in [2.24, 2.45) is 11.8 Å². The molecule has 1 amide bonds. The number of carbonyl (C=O) groups is 1. The smallest absolute Gasteiger partial charge is 0.244 e. The molecule has 10 heteroatoms. The fourth-order valence-corrected chi connectivity index (χ4v) is 5.70. The molecule has 9 nitrogen and oxygen atoms in total. The zero-order valence-electron chi connectivity index (χ0n) is 20.6. The summed E-state index contributed by atoms with van der Waals surface area (Å²) in [6.45, 7) is 5.25. The number of rotatable bonds is 12. The average molecular weight is 505 g/mol. The van der Waals surface area contributed by atoms with Crippen LogP contribution in [-0.2, 0) is 21.2 Å². The van der Waals surface area contributed by atoms with E-state index in [4.69, 9.17) is 4.74 Å². The van der Waals surface area contributed by atoms with Crippen LogP contribution < -0.4 is 15.4 Å². The largest absolute Gasteiger partial charge is 0.481 e. The molecular weight excluding hydrogens is 468 g/mol. The van der Waals surface area contributed by atoms with Crippen LogP contribution in [-0.4, -0.2) is 74.2 Å². The maximum Gasteiger partial charge on any atom is 0.244 e. The molecule has 1 fully saturated rings. The Hall–Kier alpha value is -2.53. The summed E-state index contributed by atoms with van der Waals surface area (Å²) >= 11 is 0. The summed E-state index contributed by atoms with van der Waals surface area (Å²) in [7, 11) is -2.48. The van der Waals surface area contributed by atoms with E-state index in [9.17, 15) is 18.3 Å². The van der Waals surface area contributed by atoms with Gasteiger partial charge in [0.05, 0.1) is 31.4 Å². The highest BCUT2D eigenvalue weighted by molar-refractivity contribution is 7.89. The molecule has 1 aliphatic heterocycles. The van der Waals surface area contributed by atoms with Gasteiger partial charge in [0, 0.05) is 25.7 Å². The van der Waals surface area contributed by atoms with Gasteiger partial charge in [0.1, 0.15) is 4.90 Å². The third-order valence-corrected chi connectivity index (χ3v) is 7.85. The van der Waals surface area contributed by atoms with Crippen molar-refractivity contribution in [1.82, 2.24) is 19.9 Å². The second-order valence-corrected chi connectivity index (χ2v) is 11.3. The van der Waals surface area contributed by atoms with Crippen LogP contribution in [0, 0.1) is 11.8 Å². The first-order valence-electron chi connectivity index (χ1n) is 11.9. The Labute approximate surface area is 208 Å². The highest BCUT2D eigenvalue weighted by Crippen LogP contribution is 2.20. The van der Waals surface area contributed by atoms with E-state index in [1.54, 1.807) is 0 Å². The number of hydrogen-bond donors (Lipinski definition) is 3. The number of aliphatic hydroxyl groups excluding tert-OH is 1. The highest BCUT2D eigenvalue weighted by atomic mass is 32.2. The molecule has 3 rings (SSSR count). The van der Waals surface area contributed by atoms with Crippen LogP contribution in [0.1, 0.15) is 25.8 Å². The quantitative estimate of drug-likeness (QED) is 0.400. The Morgan fingerprint density at radius 1 is 1.23 bits per heavy atom. The van der Waals surface area contributed by atoms with E-state index in [0.717, 1.165) is 18.5 Å². The van der Waals surface area contributed by atoms with Crippen LogP contribution in [0.4, 0.5) is 0 Å². The number of methoxy groups -OCH3 is 1. The minimum Gasteiger partial charge on any atom is -0.481 e. The summed E-state index contributed by atoms with van der Waals surface area (Å²) < 4.78 is 33.2. The first kappa shape index (κ1) is 27.1. The molecule has 0 aliphatic carbocycles. The van der Waals surface area contributed by atoms with Gasteiger partial charge in [-0.2, -0.15) is 4.31 Å². The van der Waals surface area contributed by atoms with Crippen molar-refractivity contribution >= 4 is 15.9 Å². The zero-order valence-corrected chi connectivity index (χ0v) is 21.4. The molecule has 0 bridgehead atoms. The number of carbonyl (C=O) groups excluding carboxylic acids is 1. The number of aliphatic hydroxyl groups is 1. The summed E-state index contributed by atoms with van der Waals surface area (Å²) in [5, 5.41) is 17.4. The molecule has 1 aromatic heterocycles. The van der Waals surface area contributed by atoms with Crippen LogP contribution in [0.25, 0.3) is 0 Å². The molecule has 0 spiro atoms. The normalized spacial score (nSPS) is 17.9. The van der Waals surface area contributed by atoms with Gasteiger partial charge < -0.3 is 20.5 Å². The molecule has 2 heterocycles. The van der Waals surface area contributed by atoms with Gasteiger partial charge in [0.25, 0.3) is 0 Å². The SMILES string of the molecule is COc1ccc(S(=O)(=O)N(CC(C)C)C[C@@H](O)[C@H](Cc2ccccc2)NC(=O)[C@@H]2CCNC2)cn1. The molecule has 192 valence electrons. The monoisotopic (exact) mass is 504 g/mol. The summed E-state index contributed by atoms with van der Waals surface area (Å²) in [4.78, 5) is 16.9. The first-order chi connectivity index (χ1) is 16.7. The molecule has 3 N–H and O–H groups in total. The summed E-state index contributed by atoms with van der Waals surface area (Å²) in [5.74, 6) is 0.0373. The fraction of sp³-hybridized carbons (Fsp3) is 0.520. The number of nitrogens with zero attached hydrogens (tertiary/aromatic N) is 2. The van der Waals surface area contributed by atoms with E-state index in [-0.39, 0.29) is 35.7 Å². The Balaban J connectivity index is 1.83. The molecule has 1 aromatic carbocycles. The van der Waals surface area contributed by atoms with Gasteiger partial charge in [-0.1, -0.05) is 44.2 Å². The van der Waals surface area contributed by atoms with E-state index in [1.807, 2.05) is 44.2 Å². The van der Waals surface area contributed by atoms with Crippen LogP contribution in [0.2, 0.25) is 0 Å². The molecule has 0 saturated carbocycles. The Morgan fingerprint density at radius 3 is 2.54 bits per heavy atom. The Bertz CT molecular complexity index is 1040. The fourth-order valence-electron chi connectivity index (χ4n) is 4.13. The second-order valence-electron chi connectivity index (χ2n) is 9.31. The third kappa shape index (κ3) is 7.47. The van der Waals surface area contributed by atoms with Gasteiger partial charge in [0.15, 0.2) is 0 Å². The van der Waals surface area contributed by atoms with Gasteiger partial charge >= 0.3 is 0 Å². The lowest BCUT2D eigenvalue weighted by Crippen LogP contribution is -2.52. The molecule has 0 unspecified atom stereocenters. The topological polar surface area (TPSA) is 121 Å². The van der Waals surface area contributed by atoms with Crippen molar-refractivity contribution in [3.05, 3.63) is 54.2 Å². The van der Waals surface area contributed by atoms with Crippen molar-refractivity contribution < 1.29 is 23.1 Å². The first-order valence-corrected chi connectivity index (χ1v) is 13.4. The molecule has 2 aromatic rings. The molecule has 1 aliphatic rings. The zero-order chi connectivity index (χ0) is 25.4. The second kappa shape index (κ2) is 12.4. The predicted molar refractivity (Wildman–Crippen MR) is 133 cm³/mol. The summed E-state index contributed by atoms with van der Waals surface area (Å²) in [5.41, 5.74) is 0.944. The minimum atomic E-state index is -3.93. The Kier molecular flexibility index (Phi) is 9.62. The van der Waals surface area contributed by atoms with E-state index in [1.165, 1.54) is 29.7 Å². The Morgan fingerprint density at radius 2 is 1.97 bits per heavy atom. The van der Waals surface area contributed by atoms with Gasteiger partial charge in [-0.05, 0) is 36.9 Å². The number of benzene rings is 1. The highest BCUT2D eigenvalue weighted by Gasteiger charge is 2.33. The third-order valence-electron chi connectivity index (χ3n) is 6.04. The van der Waals surface area contributed by atoms with Gasteiger partial charge in [-0.25, -0.2) is 13.4 Å². The standard InChI is InChI=1S/C25H36N4O5S/c1-18(2)16-29(35(32,33)21-9-10-24(34-3)27-15-21)17-23(30)22(13-19-7-5-4-6-8-19)28-25(31)20-11-12-26-14-20/h4-10,15,18,20,22-23,26,30H,11-14,16-17H2,1-3H3,(H,28,31)/t20-,22+,23-/m1/s1. The summed E-state index contributed by atoms with van der Waals surface area (Å²) in [6.07, 6.45) is 1.25. The van der Waals surface area contributed by atoms with Crippen LogP contribution in [0.3, 0.4) is 0 Å². The number of amides is 1. The number of pyridine rings is 1. The maximum absolute atomic E-state index is 13.5. The van der Waals surface area contributed by atoms with Crippen molar-refractivity contribution in [3.8, 4) is 5.88 Å². The van der Waals surface area contributed by atoms with Gasteiger partial charge in [-0.3, -0.25) is 4.79 Å². The molecule has 3 atom stereocenters. The van der Waals surface area contributed by atoms with Crippen molar-refractivity contribution in [3.63, 3.8) is 0 Å². The van der Waals surface area contributed by atoms with Crippen LogP contribution in [0.15, 0.2) is 53.6 Å². The number of aromatic nitrogens is 1. The number of nitrogens with one attached hydrogen (secondary N) is 2. The lowest BCUT2D eigenvalue weighted by molar-refractivity contribution is -0.126. The van der Waals surface area contributed by atoms with Crippen LogP contribution >= 0.6 is 0 Å². The van der Waals surface area contributed by atoms with Crippen molar-refractivity contribution in [2.75, 3.05) is 33.3 Å². The van der Waals surface area contributed by atoms with Gasteiger partial charge in [-0.15, -0.1) is 0 Å². The molecule has 1 saturated heterocycles. The van der Waals surface area contributed by atoms with E-state index in [0.29, 0.717) is 18.8 Å². The minimum absolute atomic E-state index is 0.0202. The average Bonchev–Trinajstić information content (AvgIpc) is 3.39. The van der Waals surface area contributed by atoms with E-state index < -0.39 is 22.2 Å². The molecule has 0 radical (unpaired) electrons. The lowest BCUT2D eigenvalue weighted by atomic mass is 9.99. The van der Waals surface area contributed by atoms with E-state index >= 15 is 0 Å². The lowest BCUT2D eigenvalue weighted by Gasteiger charge is -2.31. The number of hydrogen-bond acceptors (Lipinski definition) is 7. The van der Waals surface area contributed by atoms with Crippen molar-refractivity contribution in [1.29, 1.82) is 0 Å².